The van der Waals surface area contributed by atoms with E-state index < -0.39 is 41.5 Å². The van der Waals surface area contributed by atoms with Crippen LogP contribution in [0, 0.1) is 6.92 Å². The number of fused-ring (bicyclic) bond motifs is 1. The monoisotopic (exact) mass is 620 g/mol. The number of amides is 3. The van der Waals surface area contributed by atoms with Crippen LogP contribution in [0.3, 0.4) is 0 Å². The lowest BCUT2D eigenvalue weighted by Gasteiger charge is -2.36. The van der Waals surface area contributed by atoms with Crippen LogP contribution in [0.5, 0.6) is 5.75 Å². The number of halogens is 1. The van der Waals surface area contributed by atoms with Crippen molar-refractivity contribution in [1.82, 2.24) is 20.1 Å². The van der Waals surface area contributed by atoms with E-state index in [1.807, 2.05) is 0 Å². The lowest BCUT2D eigenvalue weighted by Crippen LogP contribution is -2.56. The summed E-state index contributed by atoms with van der Waals surface area (Å²) >= 11 is 6.35. The molecule has 1 aromatic carbocycles. The van der Waals surface area contributed by atoms with E-state index in [-0.39, 0.29) is 63.7 Å². The van der Waals surface area contributed by atoms with E-state index in [0.717, 1.165) is 0 Å². The largest absolute Gasteiger partial charge is 0.481 e. The number of carbonyl (C=O) groups excluding carboxylic acids is 4. The molecule has 3 rings (SSSR count). The van der Waals surface area contributed by atoms with Gasteiger partial charge in [0.15, 0.2) is 5.60 Å². The minimum atomic E-state index is -1.43. The van der Waals surface area contributed by atoms with Gasteiger partial charge in [0.2, 0.25) is 5.91 Å². The van der Waals surface area contributed by atoms with E-state index in [2.05, 4.69) is 10.3 Å². The third-order valence-electron chi connectivity index (χ3n) is 6.78. The molecule has 1 fully saturated rings. The van der Waals surface area contributed by atoms with Crippen molar-refractivity contribution < 1.29 is 43.3 Å². The van der Waals surface area contributed by atoms with Gasteiger partial charge in [0.05, 0.1) is 18.7 Å². The molecule has 234 valence electrons. The Hall–Kier alpha value is -4.13. The van der Waals surface area contributed by atoms with Crippen molar-refractivity contribution in [2.45, 2.75) is 59.1 Å². The van der Waals surface area contributed by atoms with E-state index in [1.54, 1.807) is 32.9 Å². The first-order valence-electron chi connectivity index (χ1n) is 14.0. The number of carboxylic acid groups (broad SMARTS) is 1. The Morgan fingerprint density at radius 1 is 1.02 bits per heavy atom. The molecule has 2 heterocycles. The predicted octanol–water partition coefficient (Wildman–Crippen LogP) is 3.18. The molecule has 1 saturated heterocycles. The van der Waals surface area contributed by atoms with Crippen molar-refractivity contribution in [1.29, 1.82) is 0 Å². The summed E-state index contributed by atoms with van der Waals surface area (Å²) in [6, 6.07) is 3.44. The summed E-state index contributed by atoms with van der Waals surface area (Å²) < 4.78 is 16.2. The number of benzene rings is 1. The molecule has 0 aliphatic carbocycles. The summed E-state index contributed by atoms with van der Waals surface area (Å²) in [6.07, 6.45) is -1.02. The number of esters is 1. The molecule has 13 nitrogen and oxygen atoms in total. The fraction of sp³-hybridized carbons (Fsp3) is 0.517. The predicted molar refractivity (Wildman–Crippen MR) is 156 cm³/mol. The van der Waals surface area contributed by atoms with Gasteiger partial charge < -0.3 is 34.4 Å². The highest BCUT2D eigenvalue weighted by Crippen LogP contribution is 2.33. The van der Waals surface area contributed by atoms with Gasteiger partial charge in [-0.25, -0.2) is 14.6 Å². The molecule has 0 saturated carbocycles. The van der Waals surface area contributed by atoms with Crippen LogP contribution in [-0.2, 0) is 23.9 Å². The highest BCUT2D eigenvalue weighted by atomic mass is 35.5. The molecule has 1 unspecified atom stereocenters. The van der Waals surface area contributed by atoms with Gasteiger partial charge in [0.1, 0.15) is 17.5 Å². The number of piperazine rings is 1. The van der Waals surface area contributed by atoms with Gasteiger partial charge in [-0.1, -0.05) is 11.6 Å². The fourth-order valence-corrected chi connectivity index (χ4v) is 4.61. The van der Waals surface area contributed by atoms with E-state index in [9.17, 15) is 29.1 Å². The van der Waals surface area contributed by atoms with E-state index in [4.69, 9.17) is 25.8 Å². The highest BCUT2D eigenvalue weighted by molar-refractivity contribution is 6.32. The lowest BCUT2D eigenvalue weighted by molar-refractivity contribution is -0.158. The van der Waals surface area contributed by atoms with Crippen LogP contribution in [0.25, 0.3) is 10.9 Å². The quantitative estimate of drug-likeness (QED) is 0.356. The van der Waals surface area contributed by atoms with Gasteiger partial charge in [-0.3, -0.25) is 14.4 Å². The van der Waals surface area contributed by atoms with Crippen LogP contribution in [-0.4, -0.2) is 101 Å². The number of carboxylic acids is 1. The SMILES string of the molecule is CCOC(=O)N1CCN(C(=O)C(CCC(=O)O)NC(=O)c2cc(OC(C)(C)C(=O)OCC)c3cc(Cl)c(C)cc3n2)CC1. The lowest BCUT2D eigenvalue weighted by atomic mass is 10.1. The molecule has 3 amide bonds. The smallest absolute Gasteiger partial charge is 0.409 e. The summed E-state index contributed by atoms with van der Waals surface area (Å²) in [5.74, 6) is -2.85. The normalized spacial score (nSPS) is 14.2. The summed E-state index contributed by atoms with van der Waals surface area (Å²) in [6.45, 7) is 9.39. The number of pyridine rings is 1. The molecule has 2 N–H and O–H groups in total. The van der Waals surface area contributed by atoms with Crippen LogP contribution >= 0.6 is 11.6 Å². The van der Waals surface area contributed by atoms with Crippen molar-refractivity contribution in [3.63, 3.8) is 0 Å². The first-order valence-corrected chi connectivity index (χ1v) is 14.3. The summed E-state index contributed by atoms with van der Waals surface area (Å²) in [5.41, 5.74) is -0.510. The number of aryl methyl sites for hydroxylation is 1. The van der Waals surface area contributed by atoms with Crippen molar-refractivity contribution in [3.8, 4) is 5.75 Å². The Balaban J connectivity index is 1.90. The van der Waals surface area contributed by atoms with Gasteiger partial charge in [-0.05, 0) is 58.7 Å². The van der Waals surface area contributed by atoms with Gasteiger partial charge in [0, 0.05) is 49.1 Å². The number of hydrogen-bond donors (Lipinski definition) is 2. The third-order valence-corrected chi connectivity index (χ3v) is 7.19. The maximum atomic E-state index is 13.5. The van der Waals surface area contributed by atoms with E-state index in [1.165, 1.54) is 29.7 Å². The molecule has 43 heavy (non-hydrogen) atoms. The van der Waals surface area contributed by atoms with Crippen molar-refractivity contribution in [2.24, 2.45) is 0 Å². The molecule has 0 spiro atoms. The number of hydrogen-bond acceptors (Lipinski definition) is 9. The van der Waals surface area contributed by atoms with Gasteiger partial charge in [-0.2, -0.15) is 0 Å². The Morgan fingerprint density at radius 2 is 1.65 bits per heavy atom. The molecule has 14 heteroatoms. The fourth-order valence-electron chi connectivity index (χ4n) is 4.44. The van der Waals surface area contributed by atoms with Crippen LogP contribution in [0.4, 0.5) is 4.79 Å². The molecule has 1 aliphatic heterocycles. The second kappa shape index (κ2) is 14.4. The minimum Gasteiger partial charge on any atom is -0.481 e. The maximum absolute atomic E-state index is 13.5. The van der Waals surface area contributed by atoms with Crippen LogP contribution in [0.2, 0.25) is 5.02 Å². The molecule has 1 aromatic heterocycles. The minimum absolute atomic E-state index is 0.121. The van der Waals surface area contributed by atoms with Crippen LogP contribution < -0.4 is 10.1 Å². The second-order valence-electron chi connectivity index (χ2n) is 10.4. The zero-order chi connectivity index (χ0) is 31.9. The number of aromatic nitrogens is 1. The average Bonchev–Trinajstić information content (AvgIpc) is 2.95. The van der Waals surface area contributed by atoms with Crippen molar-refractivity contribution in [2.75, 3.05) is 39.4 Å². The molecule has 0 bridgehead atoms. The second-order valence-corrected chi connectivity index (χ2v) is 10.8. The molecule has 1 aliphatic rings. The topological polar surface area (TPSA) is 165 Å². The van der Waals surface area contributed by atoms with E-state index >= 15 is 0 Å². The maximum Gasteiger partial charge on any atom is 0.409 e. The summed E-state index contributed by atoms with van der Waals surface area (Å²) in [7, 11) is 0. The Bertz CT molecular complexity index is 1390. The average molecular weight is 621 g/mol. The Kier molecular flexibility index (Phi) is 11.1. The van der Waals surface area contributed by atoms with Crippen molar-refractivity contribution >= 4 is 52.4 Å². The first kappa shape index (κ1) is 33.4. The molecule has 2 aromatic rings. The zero-order valence-corrected chi connectivity index (χ0v) is 25.7. The van der Waals surface area contributed by atoms with Crippen LogP contribution in [0.15, 0.2) is 18.2 Å². The Morgan fingerprint density at radius 3 is 2.26 bits per heavy atom. The van der Waals surface area contributed by atoms with Gasteiger partial charge >= 0.3 is 18.0 Å². The highest BCUT2D eigenvalue weighted by Gasteiger charge is 2.34. The summed E-state index contributed by atoms with van der Waals surface area (Å²) in [4.78, 5) is 70.3. The first-order chi connectivity index (χ1) is 20.3. The molecule has 1 atom stereocenters. The van der Waals surface area contributed by atoms with Gasteiger partial charge in [-0.15, -0.1) is 0 Å². The Labute approximate surface area is 254 Å². The summed E-state index contributed by atoms with van der Waals surface area (Å²) in [5, 5.41) is 12.8. The zero-order valence-electron chi connectivity index (χ0n) is 24.9. The number of rotatable bonds is 11. The van der Waals surface area contributed by atoms with Crippen LogP contribution in [0.1, 0.15) is 56.6 Å². The third kappa shape index (κ3) is 8.46. The standard InChI is InChI=1S/C29H37ClN4O9/c1-6-41-27(39)29(4,5)43-23-16-22(31-21-14-17(3)19(30)15-18(21)23)25(37)32-20(8-9-24(35)36)26(38)33-10-12-34(13-11-33)28(40)42-7-2/h14-16,20H,6-13H2,1-5H3,(H,32,37)(H,35,36). The number of aliphatic carboxylic acids is 1. The van der Waals surface area contributed by atoms with Crippen molar-refractivity contribution in [3.05, 3.63) is 34.5 Å². The van der Waals surface area contributed by atoms with Gasteiger partial charge in [0.25, 0.3) is 5.91 Å². The molecule has 0 radical (unpaired) electrons. The number of ether oxygens (including phenoxy) is 3. The molecular weight excluding hydrogens is 584 g/mol. The number of nitrogens with one attached hydrogen (secondary N) is 1. The molecular formula is C29H37ClN4O9. The number of carbonyl (C=O) groups is 5. The number of nitrogens with zero attached hydrogens (tertiary/aromatic N) is 3. The van der Waals surface area contributed by atoms with E-state index in [0.29, 0.717) is 21.5 Å².